The number of aromatic nitrogens is 5. The fraction of sp³-hybridized carbons (Fsp3) is 0.545. The molecule has 2 unspecified atom stereocenters. The first-order chi connectivity index (χ1) is 17.1. The molecule has 1 saturated heterocycles. The van der Waals surface area contributed by atoms with Gasteiger partial charge in [-0.05, 0) is 32.1 Å². The summed E-state index contributed by atoms with van der Waals surface area (Å²) in [6, 6.07) is 3.39. The van der Waals surface area contributed by atoms with Gasteiger partial charge < -0.3 is 20.1 Å². The predicted octanol–water partition coefficient (Wildman–Crippen LogP) is 3.65. The molecule has 1 aliphatic heterocycles. The number of nitrogens with one attached hydrogen (secondary N) is 3. The molecule has 4 aliphatic rings. The highest BCUT2D eigenvalue weighted by Crippen LogP contribution is 2.56. The minimum atomic E-state index is -4.75. The maximum absolute atomic E-state index is 12.4. The number of fused-ring (bicyclic) bond motifs is 1. The number of alkyl carbamates (subject to hydrolysis) is 1. The predicted molar refractivity (Wildman–Crippen MR) is 117 cm³/mol. The van der Waals surface area contributed by atoms with Crippen molar-refractivity contribution in [2.24, 2.45) is 5.92 Å². The van der Waals surface area contributed by atoms with Crippen LogP contribution in [0.1, 0.15) is 48.9 Å². The topological polar surface area (TPSA) is 128 Å². The highest BCUT2D eigenvalue weighted by atomic mass is 19.4. The molecule has 4 heterocycles. The second kappa shape index (κ2) is 8.34. The van der Waals surface area contributed by atoms with Gasteiger partial charge in [0.15, 0.2) is 5.82 Å². The number of aryl methyl sites for hydroxylation is 1. The summed E-state index contributed by atoms with van der Waals surface area (Å²) in [4.78, 5) is 20.8. The average molecular weight is 507 g/mol. The highest BCUT2D eigenvalue weighted by molar-refractivity contribution is 5.69. The fourth-order valence-electron chi connectivity index (χ4n) is 5.08. The van der Waals surface area contributed by atoms with Crippen LogP contribution in [-0.2, 0) is 20.8 Å². The van der Waals surface area contributed by atoms with E-state index < -0.39 is 19.1 Å². The van der Waals surface area contributed by atoms with Crippen molar-refractivity contribution < 1.29 is 32.2 Å². The Morgan fingerprint density at radius 1 is 1.31 bits per heavy atom. The summed E-state index contributed by atoms with van der Waals surface area (Å²) < 4.78 is 53.9. The number of rotatable bonds is 7. The number of anilines is 2. The number of aromatic amines is 1. The summed E-state index contributed by atoms with van der Waals surface area (Å²) in [6.45, 7) is 1.32. The molecule has 0 spiro atoms. The number of H-pyrrole nitrogens is 1. The van der Waals surface area contributed by atoms with Crippen LogP contribution < -0.4 is 10.6 Å². The molecule has 2 bridgehead atoms. The van der Waals surface area contributed by atoms with Crippen molar-refractivity contribution in [3.05, 3.63) is 35.4 Å². The summed E-state index contributed by atoms with van der Waals surface area (Å²) in [5.74, 6) is 1.52. The molecule has 3 aromatic rings. The number of amides is 1. The number of carbonyl (C=O) groups excluding carboxylic acids is 1. The van der Waals surface area contributed by atoms with E-state index in [4.69, 9.17) is 9.47 Å². The molecular formula is C22H24F3N7O4. The SMILES string of the molecule is Cc1cc2nc(COC(F)(F)F)cn2c(Nc2cc(C3CC(OC(=O)NC45CC(C4)C5)CO3)[nH]n2)n1. The van der Waals surface area contributed by atoms with Crippen LogP contribution in [0, 0.1) is 12.8 Å². The fourth-order valence-corrected chi connectivity index (χ4v) is 5.08. The molecule has 3 N–H and O–H groups in total. The maximum Gasteiger partial charge on any atom is 0.522 e. The lowest BCUT2D eigenvalue weighted by Crippen LogP contribution is -2.68. The average Bonchev–Trinajstić information content (AvgIpc) is 3.47. The molecular weight excluding hydrogens is 483 g/mol. The molecule has 3 saturated carbocycles. The Kier molecular flexibility index (Phi) is 5.33. The summed E-state index contributed by atoms with van der Waals surface area (Å²) in [5.41, 5.74) is 1.79. The monoisotopic (exact) mass is 507 g/mol. The first kappa shape index (κ1) is 23.0. The summed E-state index contributed by atoms with van der Waals surface area (Å²) in [7, 11) is 0. The van der Waals surface area contributed by atoms with Gasteiger partial charge in [0.2, 0.25) is 5.95 Å². The highest BCUT2D eigenvalue weighted by Gasteiger charge is 2.57. The van der Waals surface area contributed by atoms with Gasteiger partial charge >= 0.3 is 12.5 Å². The maximum atomic E-state index is 12.4. The molecule has 11 nitrogen and oxygen atoms in total. The molecule has 14 heteroatoms. The molecule has 1 amide bonds. The van der Waals surface area contributed by atoms with Crippen molar-refractivity contribution in [1.29, 1.82) is 0 Å². The number of halogens is 3. The van der Waals surface area contributed by atoms with Crippen LogP contribution in [0.4, 0.5) is 29.7 Å². The van der Waals surface area contributed by atoms with Crippen molar-refractivity contribution in [1.82, 2.24) is 29.9 Å². The first-order valence-corrected chi connectivity index (χ1v) is 11.6. The quantitative estimate of drug-likeness (QED) is 0.442. The zero-order valence-electron chi connectivity index (χ0n) is 19.3. The van der Waals surface area contributed by atoms with E-state index in [1.165, 1.54) is 10.6 Å². The lowest BCUT2D eigenvalue weighted by atomic mass is 9.50. The molecule has 2 atom stereocenters. The van der Waals surface area contributed by atoms with Crippen LogP contribution in [0.3, 0.4) is 0 Å². The molecule has 7 rings (SSSR count). The molecule has 4 fully saturated rings. The van der Waals surface area contributed by atoms with Gasteiger partial charge in [0, 0.05) is 36.0 Å². The first-order valence-electron chi connectivity index (χ1n) is 11.6. The molecule has 0 aromatic carbocycles. The summed E-state index contributed by atoms with van der Waals surface area (Å²) in [5, 5.41) is 13.2. The zero-order valence-corrected chi connectivity index (χ0v) is 19.3. The second-order valence-corrected chi connectivity index (χ2v) is 9.72. The Balaban J connectivity index is 1.09. The van der Waals surface area contributed by atoms with Crippen LogP contribution >= 0.6 is 0 Å². The van der Waals surface area contributed by atoms with E-state index in [0.29, 0.717) is 35.2 Å². The summed E-state index contributed by atoms with van der Waals surface area (Å²) in [6.07, 6.45) is -0.800. The Morgan fingerprint density at radius 2 is 2.11 bits per heavy atom. The third-order valence-corrected chi connectivity index (χ3v) is 6.84. The largest absolute Gasteiger partial charge is 0.522 e. The molecule has 3 aliphatic carbocycles. The summed E-state index contributed by atoms with van der Waals surface area (Å²) >= 11 is 0. The molecule has 192 valence electrons. The third-order valence-electron chi connectivity index (χ3n) is 6.84. The molecule has 36 heavy (non-hydrogen) atoms. The number of ether oxygens (including phenoxy) is 3. The van der Waals surface area contributed by atoms with Gasteiger partial charge in [-0.1, -0.05) is 0 Å². The molecule has 0 radical (unpaired) electrons. The standard InChI is InChI=1S/C22H24F3N7O4/c1-11-2-18-27-13(9-35-22(23,24)25)8-32(18)19(26-11)28-17-4-15(30-31-17)16-3-14(10-34-16)36-20(33)29-21-5-12(6-21)7-21/h2,4,8,12,14,16H,3,5-7,9-10H2,1H3,(H,29,33)(H2,26,28,30,31). The van der Waals surface area contributed by atoms with Crippen LogP contribution in [0.25, 0.3) is 5.65 Å². The van der Waals surface area contributed by atoms with E-state index in [2.05, 4.69) is 35.5 Å². The van der Waals surface area contributed by atoms with Crippen LogP contribution in [0.2, 0.25) is 0 Å². The lowest BCUT2D eigenvalue weighted by Gasteiger charge is -2.61. The van der Waals surface area contributed by atoms with E-state index in [9.17, 15) is 18.0 Å². The Labute approximate surface area is 202 Å². The van der Waals surface area contributed by atoms with Gasteiger partial charge in [0.1, 0.15) is 17.9 Å². The van der Waals surface area contributed by atoms with E-state index >= 15 is 0 Å². The van der Waals surface area contributed by atoms with Crippen LogP contribution in [0.5, 0.6) is 0 Å². The van der Waals surface area contributed by atoms with Gasteiger partial charge in [0.05, 0.1) is 24.6 Å². The van der Waals surface area contributed by atoms with Gasteiger partial charge in [-0.15, -0.1) is 13.2 Å². The van der Waals surface area contributed by atoms with Crippen molar-refractivity contribution in [3.63, 3.8) is 0 Å². The third kappa shape index (κ3) is 4.57. The van der Waals surface area contributed by atoms with Gasteiger partial charge in [-0.25, -0.2) is 14.8 Å². The Hall–Kier alpha value is -3.39. The zero-order chi connectivity index (χ0) is 25.1. The number of imidazole rings is 1. The van der Waals surface area contributed by atoms with Gasteiger partial charge in [-0.2, -0.15) is 5.10 Å². The van der Waals surface area contributed by atoms with Gasteiger partial charge in [0.25, 0.3) is 0 Å². The van der Waals surface area contributed by atoms with Crippen molar-refractivity contribution in [2.75, 3.05) is 11.9 Å². The van der Waals surface area contributed by atoms with E-state index in [0.717, 1.165) is 25.2 Å². The van der Waals surface area contributed by atoms with Crippen molar-refractivity contribution in [3.8, 4) is 0 Å². The van der Waals surface area contributed by atoms with Crippen molar-refractivity contribution in [2.45, 2.75) is 63.3 Å². The number of carbonyl (C=O) groups is 1. The van der Waals surface area contributed by atoms with Gasteiger partial charge in [-0.3, -0.25) is 14.2 Å². The second-order valence-electron chi connectivity index (χ2n) is 9.72. The number of hydrogen-bond donors (Lipinski definition) is 3. The lowest BCUT2D eigenvalue weighted by molar-refractivity contribution is -0.330. The Morgan fingerprint density at radius 3 is 2.83 bits per heavy atom. The Bertz CT molecular complexity index is 1290. The molecule has 3 aromatic heterocycles. The van der Waals surface area contributed by atoms with Crippen molar-refractivity contribution >= 4 is 23.5 Å². The van der Waals surface area contributed by atoms with Crippen LogP contribution in [-0.4, -0.2) is 55.3 Å². The smallest absolute Gasteiger partial charge is 0.444 e. The van der Waals surface area contributed by atoms with E-state index in [1.54, 1.807) is 19.1 Å². The number of nitrogens with zero attached hydrogens (tertiary/aromatic N) is 4. The van der Waals surface area contributed by atoms with E-state index in [-0.39, 0.29) is 30.0 Å². The minimum absolute atomic E-state index is 0.0405. The number of hydrogen-bond acceptors (Lipinski definition) is 8. The minimum Gasteiger partial charge on any atom is -0.444 e. The normalized spacial score (nSPS) is 26.9. The van der Waals surface area contributed by atoms with E-state index in [1.807, 2.05) is 0 Å². The van der Waals surface area contributed by atoms with Crippen LogP contribution in [0.15, 0.2) is 18.3 Å². The number of alkyl halides is 3.